The predicted octanol–water partition coefficient (Wildman–Crippen LogP) is 2.41. The Morgan fingerprint density at radius 2 is 2.05 bits per heavy atom. The Labute approximate surface area is 117 Å². The van der Waals surface area contributed by atoms with Gasteiger partial charge in [0.25, 0.3) is 0 Å². The Bertz CT molecular complexity index is 570. The summed E-state index contributed by atoms with van der Waals surface area (Å²) in [5.74, 6) is 0. The number of hydrogen-bond acceptors (Lipinski definition) is 5. The van der Waals surface area contributed by atoms with Crippen molar-refractivity contribution in [1.82, 2.24) is 9.88 Å². The summed E-state index contributed by atoms with van der Waals surface area (Å²) < 4.78 is 1.22. The normalized spacial score (nSPS) is 17.5. The van der Waals surface area contributed by atoms with E-state index in [0.29, 0.717) is 6.04 Å². The number of nitrogens with two attached hydrogens (primary N) is 1. The monoisotopic (exact) mass is 276 g/mol. The zero-order valence-corrected chi connectivity index (χ0v) is 12.3. The highest BCUT2D eigenvalue weighted by atomic mass is 32.1. The molecule has 1 aliphatic heterocycles. The van der Waals surface area contributed by atoms with Gasteiger partial charge in [0.15, 0.2) is 5.13 Å². The number of fused-ring (bicyclic) bond motifs is 1. The molecule has 1 aliphatic rings. The molecular weight excluding hydrogens is 256 g/mol. The highest BCUT2D eigenvalue weighted by Crippen LogP contribution is 2.31. The SMILES string of the molecule is CN(C)C1CCN(c2nc3cc(N)ccc3s2)CC1. The summed E-state index contributed by atoms with van der Waals surface area (Å²) in [5.41, 5.74) is 7.62. The van der Waals surface area contributed by atoms with Crippen molar-refractivity contribution in [1.29, 1.82) is 0 Å². The van der Waals surface area contributed by atoms with E-state index in [1.165, 1.54) is 17.5 Å². The van der Waals surface area contributed by atoms with Crippen LogP contribution in [0.1, 0.15) is 12.8 Å². The zero-order valence-electron chi connectivity index (χ0n) is 11.5. The Balaban J connectivity index is 1.78. The molecule has 1 saturated heterocycles. The molecular formula is C14H20N4S. The molecule has 1 aromatic carbocycles. The first-order chi connectivity index (χ1) is 9.13. The number of thiazole rings is 1. The quantitative estimate of drug-likeness (QED) is 0.856. The lowest BCUT2D eigenvalue weighted by Crippen LogP contribution is -2.41. The fourth-order valence-electron chi connectivity index (χ4n) is 2.64. The molecule has 102 valence electrons. The summed E-state index contributed by atoms with van der Waals surface area (Å²) in [6.07, 6.45) is 2.43. The van der Waals surface area contributed by atoms with E-state index in [1.807, 2.05) is 12.1 Å². The van der Waals surface area contributed by atoms with E-state index in [-0.39, 0.29) is 0 Å². The van der Waals surface area contributed by atoms with Gasteiger partial charge in [-0.15, -0.1) is 0 Å². The van der Waals surface area contributed by atoms with Gasteiger partial charge in [-0.1, -0.05) is 11.3 Å². The second-order valence-corrected chi connectivity index (χ2v) is 6.41. The van der Waals surface area contributed by atoms with Gasteiger partial charge in [-0.3, -0.25) is 0 Å². The molecule has 0 atom stereocenters. The number of piperidine rings is 1. The van der Waals surface area contributed by atoms with Crippen LogP contribution in [0, 0.1) is 0 Å². The number of benzene rings is 1. The van der Waals surface area contributed by atoms with Gasteiger partial charge in [0.2, 0.25) is 0 Å². The molecule has 1 fully saturated rings. The number of rotatable bonds is 2. The maximum Gasteiger partial charge on any atom is 0.186 e. The molecule has 0 saturated carbocycles. The van der Waals surface area contributed by atoms with Crippen molar-refractivity contribution in [2.75, 3.05) is 37.8 Å². The summed E-state index contributed by atoms with van der Waals surface area (Å²) in [7, 11) is 4.33. The van der Waals surface area contributed by atoms with Crippen LogP contribution in [0.2, 0.25) is 0 Å². The van der Waals surface area contributed by atoms with Crippen LogP contribution in [0.5, 0.6) is 0 Å². The van der Waals surface area contributed by atoms with Gasteiger partial charge in [0, 0.05) is 24.8 Å². The van der Waals surface area contributed by atoms with Crippen LogP contribution in [0.3, 0.4) is 0 Å². The second-order valence-electron chi connectivity index (χ2n) is 5.41. The van der Waals surface area contributed by atoms with E-state index >= 15 is 0 Å². The molecule has 2 N–H and O–H groups in total. The fourth-order valence-corrected chi connectivity index (χ4v) is 3.64. The number of anilines is 2. The third-order valence-corrected chi connectivity index (χ3v) is 4.96. The Morgan fingerprint density at radius 3 is 2.74 bits per heavy atom. The smallest absolute Gasteiger partial charge is 0.186 e. The molecule has 4 nitrogen and oxygen atoms in total. The molecule has 19 heavy (non-hydrogen) atoms. The third kappa shape index (κ3) is 2.53. The molecule has 0 spiro atoms. The number of nitrogen functional groups attached to an aromatic ring is 1. The van der Waals surface area contributed by atoms with Crippen LogP contribution in [0.4, 0.5) is 10.8 Å². The maximum atomic E-state index is 5.81. The highest BCUT2D eigenvalue weighted by molar-refractivity contribution is 7.22. The number of aromatic nitrogens is 1. The van der Waals surface area contributed by atoms with E-state index in [1.54, 1.807) is 11.3 Å². The van der Waals surface area contributed by atoms with Gasteiger partial charge in [-0.2, -0.15) is 0 Å². The van der Waals surface area contributed by atoms with E-state index in [2.05, 4.69) is 30.0 Å². The Hall–Kier alpha value is -1.33. The first kappa shape index (κ1) is 12.7. The predicted molar refractivity (Wildman–Crippen MR) is 83.0 cm³/mol. The first-order valence-corrected chi connectivity index (χ1v) is 7.52. The molecule has 0 bridgehead atoms. The zero-order chi connectivity index (χ0) is 13.4. The van der Waals surface area contributed by atoms with Crippen molar-refractivity contribution < 1.29 is 0 Å². The van der Waals surface area contributed by atoms with E-state index in [9.17, 15) is 0 Å². The molecule has 2 heterocycles. The third-order valence-electron chi connectivity index (χ3n) is 3.87. The lowest BCUT2D eigenvalue weighted by molar-refractivity contribution is 0.249. The molecule has 2 aromatic rings. The summed E-state index contributed by atoms with van der Waals surface area (Å²) in [4.78, 5) is 9.45. The molecule has 0 aliphatic carbocycles. The minimum atomic E-state index is 0.710. The molecule has 5 heteroatoms. The lowest BCUT2D eigenvalue weighted by Gasteiger charge is -2.34. The van der Waals surface area contributed by atoms with E-state index in [0.717, 1.165) is 29.4 Å². The molecule has 1 aromatic heterocycles. The second kappa shape index (κ2) is 4.98. The lowest BCUT2D eigenvalue weighted by atomic mass is 10.0. The van der Waals surface area contributed by atoms with Gasteiger partial charge >= 0.3 is 0 Å². The van der Waals surface area contributed by atoms with Crippen molar-refractivity contribution in [3.63, 3.8) is 0 Å². The maximum absolute atomic E-state index is 5.81. The van der Waals surface area contributed by atoms with Gasteiger partial charge in [-0.25, -0.2) is 4.98 Å². The average molecular weight is 276 g/mol. The topological polar surface area (TPSA) is 45.4 Å². The summed E-state index contributed by atoms with van der Waals surface area (Å²) in [6.45, 7) is 2.19. The van der Waals surface area contributed by atoms with Crippen LogP contribution < -0.4 is 10.6 Å². The standard InChI is InChI=1S/C14H20N4S/c1-17(2)11-5-7-18(8-6-11)14-16-12-9-10(15)3-4-13(12)19-14/h3-4,9,11H,5-8,15H2,1-2H3. The van der Waals surface area contributed by atoms with Gasteiger partial charge in [0.1, 0.15) is 0 Å². The molecule has 0 radical (unpaired) electrons. The van der Waals surface area contributed by atoms with Crippen LogP contribution >= 0.6 is 11.3 Å². The van der Waals surface area contributed by atoms with E-state index in [4.69, 9.17) is 10.7 Å². The van der Waals surface area contributed by atoms with E-state index < -0.39 is 0 Å². The minimum absolute atomic E-state index is 0.710. The van der Waals surface area contributed by atoms with Gasteiger partial charge in [-0.05, 0) is 45.1 Å². The Morgan fingerprint density at radius 1 is 1.32 bits per heavy atom. The average Bonchev–Trinajstić information content (AvgIpc) is 2.81. The highest BCUT2D eigenvalue weighted by Gasteiger charge is 2.22. The van der Waals surface area contributed by atoms with Crippen molar-refractivity contribution in [2.24, 2.45) is 0 Å². The van der Waals surface area contributed by atoms with Crippen molar-refractivity contribution in [2.45, 2.75) is 18.9 Å². The number of hydrogen-bond donors (Lipinski definition) is 1. The van der Waals surface area contributed by atoms with Crippen molar-refractivity contribution in [3.8, 4) is 0 Å². The first-order valence-electron chi connectivity index (χ1n) is 6.71. The summed E-state index contributed by atoms with van der Waals surface area (Å²) in [6, 6.07) is 6.68. The van der Waals surface area contributed by atoms with Gasteiger partial charge < -0.3 is 15.5 Å². The summed E-state index contributed by atoms with van der Waals surface area (Å²) >= 11 is 1.77. The minimum Gasteiger partial charge on any atom is -0.399 e. The molecule has 0 unspecified atom stereocenters. The van der Waals surface area contributed by atoms with Crippen molar-refractivity contribution >= 4 is 32.4 Å². The van der Waals surface area contributed by atoms with Crippen LogP contribution in [-0.2, 0) is 0 Å². The molecule has 0 amide bonds. The van der Waals surface area contributed by atoms with Crippen LogP contribution in [-0.4, -0.2) is 43.1 Å². The largest absolute Gasteiger partial charge is 0.399 e. The molecule has 3 rings (SSSR count). The van der Waals surface area contributed by atoms with Crippen LogP contribution in [0.15, 0.2) is 18.2 Å². The fraction of sp³-hybridized carbons (Fsp3) is 0.500. The van der Waals surface area contributed by atoms with Crippen molar-refractivity contribution in [3.05, 3.63) is 18.2 Å². The van der Waals surface area contributed by atoms with Gasteiger partial charge in [0.05, 0.1) is 10.2 Å². The summed E-state index contributed by atoms with van der Waals surface area (Å²) in [5, 5.41) is 1.14. The van der Waals surface area contributed by atoms with Crippen LogP contribution in [0.25, 0.3) is 10.2 Å². The number of nitrogens with zero attached hydrogens (tertiary/aromatic N) is 3. The Kier molecular flexibility index (Phi) is 3.33.